The SMILES string of the molecule is CCCCCCCCCC/C=C\CCCCCCCCCCCCCCCC(=O)NC(CO)C(O)CCCCCCCCCCCCCCCC. The van der Waals surface area contributed by atoms with Crippen LogP contribution >= 0.6 is 0 Å². The Hall–Kier alpha value is -0.870. The van der Waals surface area contributed by atoms with E-state index in [9.17, 15) is 15.0 Å². The molecule has 4 heteroatoms. The second-order valence-electron chi connectivity index (χ2n) is 16.2. The summed E-state index contributed by atoms with van der Waals surface area (Å²) in [6, 6.07) is -0.532. The molecule has 0 radical (unpaired) electrons. The van der Waals surface area contributed by atoms with Crippen molar-refractivity contribution >= 4 is 5.91 Å². The van der Waals surface area contributed by atoms with Gasteiger partial charge in [0, 0.05) is 6.42 Å². The Kier molecular flexibility index (Phi) is 42.8. The maximum Gasteiger partial charge on any atom is 0.220 e. The molecular formula is C47H93NO3. The highest BCUT2D eigenvalue weighted by Gasteiger charge is 2.20. The van der Waals surface area contributed by atoms with Gasteiger partial charge in [0.1, 0.15) is 0 Å². The van der Waals surface area contributed by atoms with Gasteiger partial charge in [-0.3, -0.25) is 4.79 Å². The predicted molar refractivity (Wildman–Crippen MR) is 226 cm³/mol. The Labute approximate surface area is 320 Å². The number of carbonyl (C=O) groups is 1. The van der Waals surface area contributed by atoms with E-state index in [2.05, 4.69) is 31.3 Å². The van der Waals surface area contributed by atoms with Crippen LogP contribution in [0.5, 0.6) is 0 Å². The Bertz CT molecular complexity index is 695. The Morgan fingerprint density at radius 2 is 0.745 bits per heavy atom. The number of aliphatic hydroxyl groups is 2. The highest BCUT2D eigenvalue weighted by molar-refractivity contribution is 5.76. The van der Waals surface area contributed by atoms with Crippen molar-refractivity contribution in [3.8, 4) is 0 Å². The molecule has 304 valence electrons. The summed E-state index contributed by atoms with van der Waals surface area (Å²) in [5, 5.41) is 23.2. The summed E-state index contributed by atoms with van der Waals surface area (Å²) in [6.45, 7) is 4.37. The van der Waals surface area contributed by atoms with Crippen LogP contribution in [0.1, 0.15) is 264 Å². The number of aliphatic hydroxyl groups excluding tert-OH is 2. The first-order valence-corrected chi connectivity index (χ1v) is 23.4. The zero-order valence-corrected chi connectivity index (χ0v) is 34.9. The van der Waals surface area contributed by atoms with Crippen LogP contribution < -0.4 is 5.32 Å². The van der Waals surface area contributed by atoms with E-state index in [-0.39, 0.29) is 12.5 Å². The lowest BCUT2D eigenvalue weighted by Gasteiger charge is -2.22. The molecule has 1 amide bonds. The molecular weight excluding hydrogens is 627 g/mol. The zero-order valence-electron chi connectivity index (χ0n) is 34.9. The van der Waals surface area contributed by atoms with Gasteiger partial charge in [-0.15, -0.1) is 0 Å². The van der Waals surface area contributed by atoms with E-state index in [1.807, 2.05) is 0 Å². The molecule has 0 heterocycles. The fourth-order valence-corrected chi connectivity index (χ4v) is 7.42. The van der Waals surface area contributed by atoms with E-state index in [1.165, 1.54) is 212 Å². The summed E-state index contributed by atoms with van der Waals surface area (Å²) in [5.41, 5.74) is 0. The quantitative estimate of drug-likeness (QED) is 0.0434. The van der Waals surface area contributed by atoms with Crippen LogP contribution in [0.4, 0.5) is 0 Å². The lowest BCUT2D eigenvalue weighted by molar-refractivity contribution is -0.123. The van der Waals surface area contributed by atoms with Crippen molar-refractivity contribution in [1.82, 2.24) is 5.32 Å². The monoisotopic (exact) mass is 720 g/mol. The number of nitrogens with one attached hydrogen (secondary N) is 1. The molecule has 0 saturated heterocycles. The molecule has 0 aromatic carbocycles. The third-order valence-electron chi connectivity index (χ3n) is 11.0. The number of amides is 1. The van der Waals surface area contributed by atoms with Gasteiger partial charge in [0.2, 0.25) is 5.91 Å². The number of unbranched alkanes of at least 4 members (excludes halogenated alkanes) is 34. The van der Waals surface area contributed by atoms with Crippen molar-refractivity contribution in [2.75, 3.05) is 6.61 Å². The van der Waals surface area contributed by atoms with Crippen LogP contribution in [0.25, 0.3) is 0 Å². The Balaban J connectivity index is 3.45. The topological polar surface area (TPSA) is 69.6 Å². The number of allylic oxidation sites excluding steroid dienone is 2. The minimum absolute atomic E-state index is 0.0281. The van der Waals surface area contributed by atoms with Gasteiger partial charge in [0.25, 0.3) is 0 Å². The van der Waals surface area contributed by atoms with Gasteiger partial charge in [-0.1, -0.05) is 231 Å². The maximum absolute atomic E-state index is 12.4. The molecule has 0 fully saturated rings. The second-order valence-corrected chi connectivity index (χ2v) is 16.2. The first-order chi connectivity index (χ1) is 25.2. The van der Waals surface area contributed by atoms with Crippen molar-refractivity contribution < 1.29 is 15.0 Å². The van der Waals surface area contributed by atoms with Gasteiger partial charge in [0.15, 0.2) is 0 Å². The first kappa shape index (κ1) is 50.1. The van der Waals surface area contributed by atoms with E-state index < -0.39 is 12.1 Å². The van der Waals surface area contributed by atoms with Crippen LogP contribution in [0.2, 0.25) is 0 Å². The summed E-state index contributed by atoms with van der Waals surface area (Å²) in [4.78, 5) is 12.4. The fourth-order valence-electron chi connectivity index (χ4n) is 7.42. The summed E-state index contributed by atoms with van der Waals surface area (Å²) in [6.07, 6.45) is 54.4. The summed E-state index contributed by atoms with van der Waals surface area (Å²) < 4.78 is 0. The molecule has 51 heavy (non-hydrogen) atoms. The van der Waals surface area contributed by atoms with Crippen LogP contribution in [0.3, 0.4) is 0 Å². The molecule has 0 bridgehead atoms. The fraction of sp³-hybridized carbons (Fsp3) is 0.936. The van der Waals surface area contributed by atoms with Gasteiger partial charge >= 0.3 is 0 Å². The average Bonchev–Trinajstić information content (AvgIpc) is 3.13. The van der Waals surface area contributed by atoms with Gasteiger partial charge in [-0.2, -0.15) is 0 Å². The normalized spacial score (nSPS) is 12.9. The zero-order chi connectivity index (χ0) is 37.1. The highest BCUT2D eigenvalue weighted by Crippen LogP contribution is 2.16. The van der Waals surface area contributed by atoms with Crippen LogP contribution in [0.15, 0.2) is 12.2 Å². The molecule has 0 aromatic heterocycles. The van der Waals surface area contributed by atoms with E-state index in [1.54, 1.807) is 0 Å². The van der Waals surface area contributed by atoms with E-state index in [0.717, 1.165) is 25.7 Å². The molecule has 0 saturated carbocycles. The lowest BCUT2D eigenvalue weighted by atomic mass is 10.0. The highest BCUT2D eigenvalue weighted by atomic mass is 16.3. The molecule has 4 nitrogen and oxygen atoms in total. The van der Waals surface area contributed by atoms with E-state index >= 15 is 0 Å². The molecule has 0 aliphatic heterocycles. The minimum Gasteiger partial charge on any atom is -0.394 e. The van der Waals surface area contributed by atoms with Gasteiger partial charge in [-0.05, 0) is 38.5 Å². The molecule has 0 spiro atoms. The average molecular weight is 720 g/mol. The van der Waals surface area contributed by atoms with Crippen molar-refractivity contribution in [1.29, 1.82) is 0 Å². The van der Waals surface area contributed by atoms with Gasteiger partial charge in [0.05, 0.1) is 18.8 Å². The number of carbonyl (C=O) groups excluding carboxylic acids is 1. The number of hydrogen-bond acceptors (Lipinski definition) is 3. The molecule has 0 aromatic rings. The Morgan fingerprint density at radius 1 is 0.451 bits per heavy atom. The van der Waals surface area contributed by atoms with Crippen molar-refractivity contribution in [3.63, 3.8) is 0 Å². The second kappa shape index (κ2) is 43.5. The summed E-state index contributed by atoms with van der Waals surface area (Å²) in [5.74, 6) is -0.0281. The van der Waals surface area contributed by atoms with Gasteiger partial charge < -0.3 is 15.5 Å². The van der Waals surface area contributed by atoms with Crippen LogP contribution in [0, 0.1) is 0 Å². The maximum atomic E-state index is 12.4. The standard InChI is InChI=1S/C47H93NO3/c1-3-5-7-9-11-13-15-17-19-20-21-22-23-24-25-26-27-28-29-31-33-35-37-39-41-43-47(51)48-45(44-49)46(50)42-40-38-36-34-32-30-18-16-14-12-10-8-6-4-2/h20-21,45-46,49-50H,3-19,22-44H2,1-2H3,(H,48,51)/b21-20-. The summed E-state index contributed by atoms with van der Waals surface area (Å²) >= 11 is 0. The lowest BCUT2D eigenvalue weighted by Crippen LogP contribution is -2.45. The molecule has 2 unspecified atom stereocenters. The van der Waals surface area contributed by atoms with E-state index in [4.69, 9.17) is 0 Å². The number of rotatable bonds is 43. The largest absolute Gasteiger partial charge is 0.394 e. The predicted octanol–water partition coefficient (Wildman–Crippen LogP) is 14.6. The number of hydrogen-bond donors (Lipinski definition) is 3. The summed E-state index contributed by atoms with van der Waals surface area (Å²) in [7, 11) is 0. The molecule has 2 atom stereocenters. The molecule has 0 rings (SSSR count). The minimum atomic E-state index is -0.655. The Morgan fingerprint density at radius 3 is 1.08 bits per heavy atom. The smallest absolute Gasteiger partial charge is 0.220 e. The van der Waals surface area contributed by atoms with Crippen molar-refractivity contribution in [3.05, 3.63) is 12.2 Å². The molecule has 3 N–H and O–H groups in total. The molecule has 0 aliphatic carbocycles. The van der Waals surface area contributed by atoms with Crippen molar-refractivity contribution in [2.24, 2.45) is 0 Å². The van der Waals surface area contributed by atoms with E-state index in [0.29, 0.717) is 12.8 Å². The van der Waals surface area contributed by atoms with Crippen LogP contribution in [-0.2, 0) is 4.79 Å². The third-order valence-corrected chi connectivity index (χ3v) is 11.0. The molecule has 0 aliphatic rings. The third kappa shape index (κ3) is 40.2. The van der Waals surface area contributed by atoms with Crippen molar-refractivity contribution in [2.45, 2.75) is 276 Å². The van der Waals surface area contributed by atoms with Gasteiger partial charge in [-0.25, -0.2) is 0 Å². The van der Waals surface area contributed by atoms with Crippen LogP contribution in [-0.4, -0.2) is 34.9 Å². The first-order valence-electron chi connectivity index (χ1n) is 23.4.